The predicted molar refractivity (Wildman–Crippen MR) is 111 cm³/mol. The first-order valence-electron chi connectivity index (χ1n) is 9.22. The molecule has 1 aromatic carbocycles. The second kappa shape index (κ2) is 7.03. The third-order valence-corrected chi connectivity index (χ3v) is 5.63. The highest BCUT2D eigenvalue weighted by atomic mass is 79.9. The maximum atomic E-state index is 5.89. The van der Waals surface area contributed by atoms with Gasteiger partial charge in [-0.1, -0.05) is 28.1 Å². The summed E-state index contributed by atoms with van der Waals surface area (Å²) in [5.41, 5.74) is 10.9. The topological polar surface area (TPSA) is 83.3 Å². The zero-order valence-corrected chi connectivity index (χ0v) is 16.7. The van der Waals surface area contributed by atoms with Crippen molar-refractivity contribution in [3.05, 3.63) is 53.3 Å². The summed E-state index contributed by atoms with van der Waals surface area (Å²) in [7, 11) is 0. The number of hydrogen-bond acceptors (Lipinski definition) is 5. The number of nitrogens with two attached hydrogens (primary N) is 1. The summed E-state index contributed by atoms with van der Waals surface area (Å²) in [5.74, 6) is 0.240. The minimum absolute atomic E-state index is 0.240. The molecule has 0 amide bonds. The fourth-order valence-corrected chi connectivity index (χ4v) is 4.21. The number of nitrogen functional groups attached to an aromatic ring is 1. The Bertz CT molecular complexity index is 1140. The Balaban J connectivity index is 1.70. The van der Waals surface area contributed by atoms with Gasteiger partial charge in [0, 0.05) is 35.0 Å². The molecule has 0 aliphatic carbocycles. The van der Waals surface area contributed by atoms with Gasteiger partial charge in [0.25, 0.3) is 0 Å². The fraction of sp³-hybridized carbons (Fsp3) is 0.250. The monoisotopic (exact) mass is 438 g/mol. The number of anilines is 1. The van der Waals surface area contributed by atoms with Crippen LogP contribution in [0.15, 0.2) is 53.3 Å². The summed E-state index contributed by atoms with van der Waals surface area (Å²) in [6.45, 7) is 1.53. The smallest absolute Gasteiger partial charge is 0.238 e. The number of ether oxygens (including phenoxy) is 1. The molecular weight excluding hydrogens is 420 g/mol. The molecule has 142 valence electrons. The van der Waals surface area contributed by atoms with Crippen molar-refractivity contribution in [2.45, 2.75) is 18.9 Å². The van der Waals surface area contributed by atoms with Gasteiger partial charge in [-0.2, -0.15) is 5.10 Å². The number of rotatable bonds is 3. The molecule has 0 radical (unpaired) electrons. The summed E-state index contributed by atoms with van der Waals surface area (Å²) < 4.78 is 10.5. The molecule has 4 heterocycles. The average Bonchev–Trinajstić information content (AvgIpc) is 3.33. The molecule has 28 heavy (non-hydrogen) atoms. The predicted octanol–water partition coefficient (Wildman–Crippen LogP) is 3.96. The van der Waals surface area contributed by atoms with Gasteiger partial charge in [0.1, 0.15) is 0 Å². The van der Waals surface area contributed by atoms with E-state index in [2.05, 4.69) is 54.0 Å². The van der Waals surface area contributed by atoms with Crippen molar-refractivity contribution >= 4 is 27.4 Å². The molecular formula is C20H19BrN6O. The summed E-state index contributed by atoms with van der Waals surface area (Å²) >= 11 is 3.55. The Morgan fingerprint density at radius 3 is 2.79 bits per heavy atom. The van der Waals surface area contributed by atoms with E-state index in [4.69, 9.17) is 10.5 Å². The van der Waals surface area contributed by atoms with Gasteiger partial charge in [0.15, 0.2) is 0 Å². The van der Waals surface area contributed by atoms with E-state index < -0.39 is 0 Å². The standard InChI is InChI=1S/C20H19BrN6O/c21-14-3-1-2-13(10-14)18-11-16(19-12-23-20(22)25-27(18)19)17-4-7-24-26(17)15-5-8-28-9-6-15/h1-4,7,10-12,15H,5-6,8-9H2,(H2,22,25). The number of benzene rings is 1. The molecule has 1 aliphatic heterocycles. The van der Waals surface area contributed by atoms with Gasteiger partial charge in [0.2, 0.25) is 5.95 Å². The van der Waals surface area contributed by atoms with Crippen molar-refractivity contribution in [2.24, 2.45) is 0 Å². The van der Waals surface area contributed by atoms with E-state index in [0.717, 1.165) is 58.6 Å². The van der Waals surface area contributed by atoms with Gasteiger partial charge in [-0.05, 0) is 37.1 Å². The van der Waals surface area contributed by atoms with E-state index in [1.165, 1.54) is 0 Å². The number of hydrogen-bond donors (Lipinski definition) is 1. The van der Waals surface area contributed by atoms with Crippen LogP contribution in [0, 0.1) is 0 Å². The Kier molecular flexibility index (Phi) is 4.37. The van der Waals surface area contributed by atoms with E-state index in [1.54, 1.807) is 6.20 Å². The molecule has 0 atom stereocenters. The fourth-order valence-electron chi connectivity index (χ4n) is 3.81. The van der Waals surface area contributed by atoms with E-state index in [-0.39, 0.29) is 5.95 Å². The Morgan fingerprint density at radius 2 is 1.96 bits per heavy atom. The maximum absolute atomic E-state index is 5.89. The van der Waals surface area contributed by atoms with Crippen LogP contribution in [0.3, 0.4) is 0 Å². The molecule has 0 saturated carbocycles. The number of nitrogens with zero attached hydrogens (tertiary/aromatic N) is 5. The normalized spacial score (nSPS) is 15.3. The van der Waals surface area contributed by atoms with Crippen LogP contribution < -0.4 is 5.73 Å². The van der Waals surface area contributed by atoms with Crippen molar-refractivity contribution in [3.8, 4) is 22.5 Å². The molecule has 0 unspecified atom stereocenters. The molecule has 1 aliphatic rings. The molecule has 1 saturated heterocycles. The second-order valence-electron chi connectivity index (χ2n) is 6.87. The average molecular weight is 439 g/mol. The van der Waals surface area contributed by atoms with Crippen LogP contribution in [-0.2, 0) is 4.74 Å². The van der Waals surface area contributed by atoms with Crippen molar-refractivity contribution in [3.63, 3.8) is 0 Å². The lowest BCUT2D eigenvalue weighted by atomic mass is 10.1. The Labute approximate surface area is 170 Å². The first kappa shape index (κ1) is 17.4. The van der Waals surface area contributed by atoms with Crippen LogP contribution >= 0.6 is 15.9 Å². The maximum Gasteiger partial charge on any atom is 0.238 e. The largest absolute Gasteiger partial charge is 0.381 e. The summed E-state index contributed by atoms with van der Waals surface area (Å²) in [6, 6.07) is 12.7. The Morgan fingerprint density at radius 1 is 1.11 bits per heavy atom. The second-order valence-corrected chi connectivity index (χ2v) is 7.79. The van der Waals surface area contributed by atoms with E-state index in [1.807, 2.05) is 28.9 Å². The van der Waals surface area contributed by atoms with E-state index in [9.17, 15) is 0 Å². The lowest BCUT2D eigenvalue weighted by Crippen LogP contribution is -2.21. The first-order valence-corrected chi connectivity index (χ1v) is 10.0. The van der Waals surface area contributed by atoms with Gasteiger partial charge in [0.05, 0.1) is 29.1 Å². The van der Waals surface area contributed by atoms with Crippen molar-refractivity contribution < 1.29 is 4.74 Å². The van der Waals surface area contributed by atoms with Crippen molar-refractivity contribution in [1.82, 2.24) is 24.4 Å². The summed E-state index contributed by atoms with van der Waals surface area (Å²) in [6.07, 6.45) is 5.55. The molecule has 0 bridgehead atoms. The highest BCUT2D eigenvalue weighted by Gasteiger charge is 2.22. The molecule has 8 heteroatoms. The molecule has 0 spiro atoms. The highest BCUT2D eigenvalue weighted by molar-refractivity contribution is 9.10. The molecule has 7 nitrogen and oxygen atoms in total. The van der Waals surface area contributed by atoms with Crippen molar-refractivity contribution in [1.29, 1.82) is 0 Å². The van der Waals surface area contributed by atoms with Gasteiger partial charge >= 0.3 is 0 Å². The van der Waals surface area contributed by atoms with Crippen LogP contribution in [0.2, 0.25) is 0 Å². The summed E-state index contributed by atoms with van der Waals surface area (Å²) in [4.78, 5) is 4.23. The highest BCUT2D eigenvalue weighted by Crippen LogP contribution is 2.35. The first-order chi connectivity index (χ1) is 13.7. The minimum atomic E-state index is 0.240. The quantitative estimate of drug-likeness (QED) is 0.523. The third-order valence-electron chi connectivity index (χ3n) is 5.14. The molecule has 3 aromatic heterocycles. The van der Waals surface area contributed by atoms with Crippen LogP contribution in [0.1, 0.15) is 18.9 Å². The van der Waals surface area contributed by atoms with E-state index >= 15 is 0 Å². The minimum Gasteiger partial charge on any atom is -0.381 e. The van der Waals surface area contributed by atoms with E-state index in [0.29, 0.717) is 6.04 Å². The Hall–Kier alpha value is -2.71. The molecule has 1 fully saturated rings. The zero-order valence-electron chi connectivity index (χ0n) is 15.1. The van der Waals surface area contributed by atoms with Crippen molar-refractivity contribution in [2.75, 3.05) is 18.9 Å². The SMILES string of the molecule is Nc1ncc2c(-c3ccnn3C3CCOCC3)cc(-c3cccc(Br)c3)n2n1. The molecule has 2 N–H and O–H groups in total. The van der Waals surface area contributed by atoms with Gasteiger partial charge in [-0.15, -0.1) is 5.10 Å². The molecule has 5 rings (SSSR count). The van der Waals surface area contributed by atoms with Crippen LogP contribution in [0.25, 0.3) is 28.0 Å². The summed E-state index contributed by atoms with van der Waals surface area (Å²) in [5, 5.41) is 9.09. The van der Waals surface area contributed by atoms with Crippen LogP contribution in [0.5, 0.6) is 0 Å². The zero-order chi connectivity index (χ0) is 19.1. The van der Waals surface area contributed by atoms with Crippen LogP contribution in [-0.4, -0.2) is 37.6 Å². The van der Waals surface area contributed by atoms with Crippen LogP contribution in [0.4, 0.5) is 5.95 Å². The number of halogens is 1. The number of fused-ring (bicyclic) bond motifs is 1. The van der Waals surface area contributed by atoms with Gasteiger partial charge < -0.3 is 10.5 Å². The van der Waals surface area contributed by atoms with Gasteiger partial charge in [-0.25, -0.2) is 9.50 Å². The lowest BCUT2D eigenvalue weighted by Gasteiger charge is -2.24. The van der Waals surface area contributed by atoms with Gasteiger partial charge in [-0.3, -0.25) is 4.68 Å². The lowest BCUT2D eigenvalue weighted by molar-refractivity contribution is 0.0667. The number of aromatic nitrogens is 5. The molecule has 4 aromatic rings. The third kappa shape index (κ3) is 2.98.